The van der Waals surface area contributed by atoms with Crippen LogP contribution in [0.4, 0.5) is 5.69 Å². The average molecular weight is 264 g/mol. The maximum absolute atomic E-state index is 4.58. The summed E-state index contributed by atoms with van der Waals surface area (Å²) in [6.45, 7) is 10.2. The molecule has 1 aliphatic heterocycles. The second kappa shape index (κ2) is 6.42. The molecule has 4 nitrogen and oxygen atoms in total. The molecule has 1 aromatic heterocycles. The lowest BCUT2D eigenvalue weighted by Gasteiger charge is -2.29. The van der Waals surface area contributed by atoms with E-state index in [0.717, 1.165) is 32.0 Å². The minimum atomic E-state index is 0.595. The molecule has 0 saturated carbocycles. The molecule has 0 spiro atoms. The van der Waals surface area contributed by atoms with Crippen molar-refractivity contribution in [1.82, 2.24) is 15.1 Å². The zero-order chi connectivity index (χ0) is 13.8. The molecule has 1 aromatic rings. The van der Waals surface area contributed by atoms with Gasteiger partial charge < -0.3 is 10.2 Å². The van der Waals surface area contributed by atoms with Crippen molar-refractivity contribution in [2.45, 2.75) is 46.1 Å². The van der Waals surface area contributed by atoms with Gasteiger partial charge in [0.05, 0.1) is 11.4 Å². The van der Waals surface area contributed by atoms with Gasteiger partial charge in [-0.15, -0.1) is 0 Å². The molecule has 2 heterocycles. The van der Waals surface area contributed by atoms with Crippen LogP contribution in [0.15, 0.2) is 6.20 Å². The van der Waals surface area contributed by atoms with Gasteiger partial charge in [-0.2, -0.15) is 5.10 Å². The first-order valence-corrected chi connectivity index (χ1v) is 7.66. The molecule has 1 fully saturated rings. The second-order valence-electron chi connectivity index (χ2n) is 5.73. The van der Waals surface area contributed by atoms with E-state index in [1.807, 2.05) is 11.7 Å². The molecule has 4 heteroatoms. The van der Waals surface area contributed by atoms with Gasteiger partial charge in [-0.3, -0.25) is 4.68 Å². The van der Waals surface area contributed by atoms with E-state index >= 15 is 0 Å². The summed E-state index contributed by atoms with van der Waals surface area (Å²) in [6.07, 6.45) is 5.64. The minimum absolute atomic E-state index is 0.595. The standard InChI is InChI=1S/C15H28N4/c1-5-12(3)14-10-19(9-7-8-16-14)15-11-18(4)17-13(15)6-2/h11-12,14,16H,5-10H2,1-4H3. The molecule has 2 unspecified atom stereocenters. The molecule has 0 aromatic carbocycles. The van der Waals surface area contributed by atoms with Crippen molar-refractivity contribution >= 4 is 5.69 Å². The number of aryl methyl sites for hydroxylation is 2. The Kier molecular flexibility index (Phi) is 4.86. The van der Waals surface area contributed by atoms with Crippen LogP contribution in [-0.2, 0) is 13.5 Å². The first kappa shape index (κ1) is 14.4. The third-order valence-corrected chi connectivity index (χ3v) is 4.32. The Morgan fingerprint density at radius 3 is 2.95 bits per heavy atom. The smallest absolute Gasteiger partial charge is 0.0855 e. The van der Waals surface area contributed by atoms with Crippen molar-refractivity contribution in [2.75, 3.05) is 24.5 Å². The van der Waals surface area contributed by atoms with E-state index in [0.29, 0.717) is 6.04 Å². The van der Waals surface area contributed by atoms with Crippen molar-refractivity contribution < 1.29 is 0 Å². The zero-order valence-electron chi connectivity index (χ0n) is 12.8. The molecule has 2 atom stereocenters. The largest absolute Gasteiger partial charge is 0.367 e. The molecule has 0 aliphatic carbocycles. The van der Waals surface area contributed by atoms with E-state index in [9.17, 15) is 0 Å². The van der Waals surface area contributed by atoms with Gasteiger partial charge in [-0.1, -0.05) is 27.2 Å². The topological polar surface area (TPSA) is 33.1 Å². The number of rotatable bonds is 4. The van der Waals surface area contributed by atoms with Gasteiger partial charge in [0, 0.05) is 32.4 Å². The molecule has 0 radical (unpaired) electrons. The summed E-state index contributed by atoms with van der Waals surface area (Å²) in [7, 11) is 2.02. The predicted molar refractivity (Wildman–Crippen MR) is 80.7 cm³/mol. The SMILES string of the molecule is CCc1nn(C)cc1N1CCCNC(C(C)CC)C1. The fourth-order valence-corrected chi connectivity index (χ4v) is 2.87. The summed E-state index contributed by atoms with van der Waals surface area (Å²) >= 11 is 0. The summed E-state index contributed by atoms with van der Waals surface area (Å²) in [5, 5.41) is 8.29. The summed E-state index contributed by atoms with van der Waals surface area (Å²) in [4.78, 5) is 2.53. The van der Waals surface area contributed by atoms with Gasteiger partial charge in [0.15, 0.2) is 0 Å². The van der Waals surface area contributed by atoms with Crippen molar-refractivity contribution in [3.05, 3.63) is 11.9 Å². The number of nitrogens with one attached hydrogen (secondary N) is 1. The second-order valence-corrected chi connectivity index (χ2v) is 5.73. The Hall–Kier alpha value is -1.03. The molecular weight excluding hydrogens is 236 g/mol. The van der Waals surface area contributed by atoms with Crippen LogP contribution in [0, 0.1) is 5.92 Å². The molecule has 0 amide bonds. The van der Waals surface area contributed by atoms with Crippen LogP contribution in [0.5, 0.6) is 0 Å². The van der Waals surface area contributed by atoms with Gasteiger partial charge in [-0.25, -0.2) is 0 Å². The maximum Gasteiger partial charge on any atom is 0.0855 e. The van der Waals surface area contributed by atoms with E-state index in [4.69, 9.17) is 0 Å². The zero-order valence-corrected chi connectivity index (χ0v) is 12.8. The lowest BCUT2D eigenvalue weighted by Crippen LogP contribution is -2.42. The summed E-state index contributed by atoms with van der Waals surface area (Å²) in [5.41, 5.74) is 2.56. The van der Waals surface area contributed by atoms with Gasteiger partial charge in [-0.05, 0) is 25.3 Å². The maximum atomic E-state index is 4.58. The number of aromatic nitrogens is 2. The first-order chi connectivity index (χ1) is 9.15. The van der Waals surface area contributed by atoms with Crippen molar-refractivity contribution in [3.8, 4) is 0 Å². The Bertz CT molecular complexity index is 399. The summed E-state index contributed by atoms with van der Waals surface area (Å²) in [6, 6.07) is 0.595. The normalized spacial score (nSPS) is 22.3. The molecule has 2 rings (SSSR count). The average Bonchev–Trinajstić information content (AvgIpc) is 2.64. The van der Waals surface area contributed by atoms with E-state index in [2.05, 4.69) is 42.3 Å². The van der Waals surface area contributed by atoms with E-state index < -0.39 is 0 Å². The van der Waals surface area contributed by atoms with E-state index in [-0.39, 0.29) is 0 Å². The predicted octanol–water partition coefficient (Wildman–Crippen LogP) is 2.20. The highest BCUT2D eigenvalue weighted by Crippen LogP contribution is 2.23. The van der Waals surface area contributed by atoms with E-state index in [1.165, 1.54) is 24.2 Å². The number of hydrogen-bond donors (Lipinski definition) is 1. The van der Waals surface area contributed by atoms with Gasteiger partial charge >= 0.3 is 0 Å². The van der Waals surface area contributed by atoms with Crippen LogP contribution in [0.3, 0.4) is 0 Å². The summed E-state index contributed by atoms with van der Waals surface area (Å²) < 4.78 is 1.95. The molecule has 19 heavy (non-hydrogen) atoms. The Balaban J connectivity index is 2.17. The molecule has 1 aliphatic rings. The van der Waals surface area contributed by atoms with Crippen LogP contribution in [0.25, 0.3) is 0 Å². The quantitative estimate of drug-likeness (QED) is 0.905. The van der Waals surface area contributed by atoms with Crippen LogP contribution < -0.4 is 10.2 Å². The van der Waals surface area contributed by atoms with Crippen molar-refractivity contribution in [3.63, 3.8) is 0 Å². The minimum Gasteiger partial charge on any atom is -0.367 e. The van der Waals surface area contributed by atoms with E-state index in [1.54, 1.807) is 0 Å². The number of anilines is 1. The Morgan fingerprint density at radius 1 is 1.47 bits per heavy atom. The highest BCUT2D eigenvalue weighted by Gasteiger charge is 2.24. The lowest BCUT2D eigenvalue weighted by atomic mass is 9.99. The Morgan fingerprint density at radius 2 is 2.26 bits per heavy atom. The lowest BCUT2D eigenvalue weighted by molar-refractivity contribution is 0.384. The highest BCUT2D eigenvalue weighted by atomic mass is 15.3. The van der Waals surface area contributed by atoms with Crippen LogP contribution in [0.2, 0.25) is 0 Å². The molecule has 108 valence electrons. The Labute approximate surface area is 117 Å². The van der Waals surface area contributed by atoms with Crippen LogP contribution >= 0.6 is 0 Å². The molecule has 1 saturated heterocycles. The number of hydrogen-bond acceptors (Lipinski definition) is 3. The first-order valence-electron chi connectivity index (χ1n) is 7.66. The monoisotopic (exact) mass is 264 g/mol. The van der Waals surface area contributed by atoms with Crippen LogP contribution in [-0.4, -0.2) is 35.5 Å². The fraction of sp³-hybridized carbons (Fsp3) is 0.800. The number of nitrogens with zero attached hydrogens (tertiary/aromatic N) is 3. The van der Waals surface area contributed by atoms with Crippen molar-refractivity contribution in [2.24, 2.45) is 13.0 Å². The third kappa shape index (κ3) is 3.30. The third-order valence-electron chi connectivity index (χ3n) is 4.32. The summed E-state index contributed by atoms with van der Waals surface area (Å²) in [5.74, 6) is 0.724. The van der Waals surface area contributed by atoms with Gasteiger partial charge in [0.25, 0.3) is 0 Å². The van der Waals surface area contributed by atoms with Gasteiger partial charge in [0.2, 0.25) is 0 Å². The van der Waals surface area contributed by atoms with Gasteiger partial charge in [0.1, 0.15) is 0 Å². The van der Waals surface area contributed by atoms with Crippen LogP contribution in [0.1, 0.15) is 39.3 Å². The highest BCUT2D eigenvalue weighted by molar-refractivity contribution is 5.49. The molecule has 1 N–H and O–H groups in total. The molecular formula is C15H28N4. The molecule has 0 bridgehead atoms. The van der Waals surface area contributed by atoms with Crippen molar-refractivity contribution in [1.29, 1.82) is 0 Å². The fourth-order valence-electron chi connectivity index (χ4n) is 2.87.